The van der Waals surface area contributed by atoms with E-state index in [-0.39, 0.29) is 0 Å². The lowest BCUT2D eigenvalue weighted by molar-refractivity contribution is 0.618. The molecule has 3 rings (SSSR count). The summed E-state index contributed by atoms with van der Waals surface area (Å²) in [5.41, 5.74) is 9.42. The molecule has 3 N–H and O–H groups in total. The Balaban J connectivity index is 1.86. The molecule has 1 aliphatic rings. The monoisotopic (exact) mass is 339 g/mol. The molecule has 1 saturated carbocycles. The van der Waals surface area contributed by atoms with E-state index in [9.17, 15) is 0 Å². The number of aromatic nitrogens is 2. The zero-order valence-electron chi connectivity index (χ0n) is 15.3. The number of aryl methyl sites for hydroxylation is 1. The van der Waals surface area contributed by atoms with Gasteiger partial charge in [-0.05, 0) is 44.4 Å². The molecule has 5 heteroatoms. The average Bonchev–Trinajstić information content (AvgIpc) is 2.87. The van der Waals surface area contributed by atoms with Gasteiger partial charge in [-0.3, -0.25) is 0 Å². The van der Waals surface area contributed by atoms with Crippen LogP contribution in [0.5, 0.6) is 0 Å². The van der Waals surface area contributed by atoms with Crippen LogP contribution in [0, 0.1) is 6.92 Å². The van der Waals surface area contributed by atoms with Crippen molar-refractivity contribution >= 4 is 23.0 Å². The largest absolute Gasteiger partial charge is 0.393 e. The number of hydrogen-bond donors (Lipinski definition) is 2. The van der Waals surface area contributed by atoms with Crippen molar-refractivity contribution in [2.45, 2.75) is 58.4 Å². The molecular weight excluding hydrogens is 310 g/mol. The number of nitrogens with zero attached hydrogens (tertiary/aromatic N) is 3. The molecule has 2 aromatic rings. The van der Waals surface area contributed by atoms with Crippen LogP contribution in [0.25, 0.3) is 0 Å². The lowest BCUT2D eigenvalue weighted by Crippen LogP contribution is -2.23. The third-order valence-electron chi connectivity index (χ3n) is 4.94. The number of hydrogen-bond acceptors (Lipinski definition) is 5. The Bertz CT molecular complexity index is 692. The minimum Gasteiger partial charge on any atom is -0.393 e. The number of nitrogens with one attached hydrogen (secondary N) is 1. The van der Waals surface area contributed by atoms with Crippen molar-refractivity contribution in [3.8, 4) is 0 Å². The Morgan fingerprint density at radius 2 is 1.92 bits per heavy atom. The molecule has 0 aliphatic heterocycles. The second kappa shape index (κ2) is 8.19. The van der Waals surface area contributed by atoms with Gasteiger partial charge >= 0.3 is 0 Å². The summed E-state index contributed by atoms with van der Waals surface area (Å²) in [6.45, 7) is 5.01. The van der Waals surface area contributed by atoms with E-state index in [1.807, 2.05) is 0 Å². The van der Waals surface area contributed by atoms with Gasteiger partial charge in [-0.15, -0.1) is 0 Å². The van der Waals surface area contributed by atoms with Crippen LogP contribution in [0.2, 0.25) is 0 Å². The smallest absolute Gasteiger partial charge is 0.161 e. The molecule has 5 nitrogen and oxygen atoms in total. The van der Waals surface area contributed by atoms with E-state index in [1.54, 1.807) is 6.33 Å². The van der Waals surface area contributed by atoms with E-state index in [2.05, 4.69) is 58.3 Å². The van der Waals surface area contributed by atoms with Crippen LogP contribution in [0.4, 0.5) is 23.0 Å². The molecule has 0 spiro atoms. The zero-order chi connectivity index (χ0) is 17.6. The molecule has 1 heterocycles. The first-order valence-electron chi connectivity index (χ1n) is 9.40. The number of rotatable bonds is 5. The van der Waals surface area contributed by atoms with Crippen LogP contribution in [0.3, 0.4) is 0 Å². The summed E-state index contributed by atoms with van der Waals surface area (Å²) in [5.74, 6) is 1.54. The highest BCUT2D eigenvalue weighted by Crippen LogP contribution is 2.33. The SMILES string of the molecule is CCN(c1cccc(C)c1)c1ncnc(NC2CCCCCC2)c1N. The van der Waals surface area contributed by atoms with Crippen molar-refractivity contribution < 1.29 is 0 Å². The molecule has 0 atom stereocenters. The van der Waals surface area contributed by atoms with Crippen LogP contribution in [-0.2, 0) is 0 Å². The maximum atomic E-state index is 6.46. The van der Waals surface area contributed by atoms with Crippen molar-refractivity contribution in [3.63, 3.8) is 0 Å². The summed E-state index contributed by atoms with van der Waals surface area (Å²) >= 11 is 0. The highest BCUT2D eigenvalue weighted by molar-refractivity contribution is 5.79. The van der Waals surface area contributed by atoms with Gasteiger partial charge in [0, 0.05) is 18.3 Å². The van der Waals surface area contributed by atoms with E-state index >= 15 is 0 Å². The van der Waals surface area contributed by atoms with Gasteiger partial charge in [0.1, 0.15) is 12.0 Å². The molecule has 134 valence electrons. The first-order chi connectivity index (χ1) is 12.2. The molecule has 1 aromatic heterocycles. The predicted molar refractivity (Wildman–Crippen MR) is 105 cm³/mol. The van der Waals surface area contributed by atoms with Crippen molar-refractivity contribution in [2.24, 2.45) is 0 Å². The summed E-state index contributed by atoms with van der Waals surface area (Å²) in [6.07, 6.45) is 9.21. The maximum Gasteiger partial charge on any atom is 0.161 e. The fraction of sp³-hybridized carbons (Fsp3) is 0.500. The van der Waals surface area contributed by atoms with Gasteiger partial charge in [0.25, 0.3) is 0 Å². The van der Waals surface area contributed by atoms with Crippen LogP contribution >= 0.6 is 0 Å². The molecule has 0 amide bonds. The quantitative estimate of drug-likeness (QED) is 0.776. The van der Waals surface area contributed by atoms with E-state index < -0.39 is 0 Å². The van der Waals surface area contributed by atoms with E-state index in [1.165, 1.54) is 44.1 Å². The fourth-order valence-corrected chi connectivity index (χ4v) is 3.58. The summed E-state index contributed by atoms with van der Waals surface area (Å²) in [4.78, 5) is 11.0. The molecule has 1 fully saturated rings. The molecule has 0 bridgehead atoms. The van der Waals surface area contributed by atoms with Gasteiger partial charge in [-0.2, -0.15) is 0 Å². The van der Waals surface area contributed by atoms with Gasteiger partial charge in [-0.1, -0.05) is 37.8 Å². The Kier molecular flexibility index (Phi) is 5.74. The number of anilines is 4. The Morgan fingerprint density at radius 3 is 2.60 bits per heavy atom. The van der Waals surface area contributed by atoms with E-state index in [0.717, 1.165) is 23.9 Å². The first-order valence-corrected chi connectivity index (χ1v) is 9.40. The number of nitrogens with two attached hydrogens (primary N) is 1. The Labute approximate surface area is 150 Å². The third-order valence-corrected chi connectivity index (χ3v) is 4.94. The van der Waals surface area contributed by atoms with Crippen LogP contribution in [-0.4, -0.2) is 22.6 Å². The summed E-state index contributed by atoms with van der Waals surface area (Å²) < 4.78 is 0. The van der Waals surface area contributed by atoms with Crippen molar-refractivity contribution in [2.75, 3.05) is 22.5 Å². The molecule has 25 heavy (non-hydrogen) atoms. The second-order valence-electron chi connectivity index (χ2n) is 6.88. The van der Waals surface area contributed by atoms with Gasteiger partial charge in [-0.25, -0.2) is 9.97 Å². The number of nitrogen functional groups attached to an aromatic ring is 1. The maximum absolute atomic E-state index is 6.46. The minimum absolute atomic E-state index is 0.460. The van der Waals surface area contributed by atoms with Crippen LogP contribution in [0.1, 0.15) is 51.0 Å². The molecular formula is C20H29N5. The lowest BCUT2D eigenvalue weighted by atomic mass is 10.1. The van der Waals surface area contributed by atoms with E-state index in [4.69, 9.17) is 5.73 Å². The topological polar surface area (TPSA) is 67.1 Å². The molecule has 1 aliphatic carbocycles. The second-order valence-corrected chi connectivity index (χ2v) is 6.88. The minimum atomic E-state index is 0.460. The third kappa shape index (κ3) is 4.21. The summed E-state index contributed by atoms with van der Waals surface area (Å²) in [7, 11) is 0. The van der Waals surface area contributed by atoms with Gasteiger partial charge in [0.15, 0.2) is 11.6 Å². The molecule has 0 unspecified atom stereocenters. The van der Waals surface area contributed by atoms with Crippen LogP contribution in [0.15, 0.2) is 30.6 Å². The highest BCUT2D eigenvalue weighted by Gasteiger charge is 2.18. The molecule has 0 radical (unpaired) electrons. The van der Waals surface area contributed by atoms with E-state index in [0.29, 0.717) is 11.7 Å². The first kappa shape index (κ1) is 17.5. The highest BCUT2D eigenvalue weighted by atomic mass is 15.2. The normalized spacial score (nSPS) is 15.6. The number of benzene rings is 1. The van der Waals surface area contributed by atoms with Gasteiger partial charge in [0.2, 0.25) is 0 Å². The predicted octanol–water partition coefficient (Wildman–Crippen LogP) is 4.66. The fourth-order valence-electron chi connectivity index (χ4n) is 3.58. The Hall–Kier alpha value is -2.30. The zero-order valence-corrected chi connectivity index (χ0v) is 15.3. The van der Waals surface area contributed by atoms with Crippen molar-refractivity contribution in [1.29, 1.82) is 0 Å². The molecule has 0 saturated heterocycles. The standard InChI is InChI=1S/C20H29N5/c1-3-25(17-12-8-9-15(2)13-17)20-18(21)19(22-14-23-20)24-16-10-6-4-5-7-11-16/h8-9,12-14,16H,3-7,10-11,21H2,1-2H3,(H,22,23,24). The van der Waals surface area contributed by atoms with Gasteiger partial charge in [0.05, 0.1) is 0 Å². The summed E-state index contributed by atoms with van der Waals surface area (Å²) in [6, 6.07) is 8.87. The van der Waals surface area contributed by atoms with Crippen molar-refractivity contribution in [3.05, 3.63) is 36.2 Å². The van der Waals surface area contributed by atoms with Crippen molar-refractivity contribution in [1.82, 2.24) is 9.97 Å². The average molecular weight is 339 g/mol. The molecule has 1 aromatic carbocycles. The lowest BCUT2D eigenvalue weighted by Gasteiger charge is -2.25. The Morgan fingerprint density at radius 1 is 1.16 bits per heavy atom. The summed E-state index contributed by atoms with van der Waals surface area (Å²) in [5, 5.41) is 3.57. The van der Waals surface area contributed by atoms with Crippen LogP contribution < -0.4 is 16.0 Å². The van der Waals surface area contributed by atoms with Gasteiger partial charge < -0.3 is 16.0 Å².